The van der Waals surface area contributed by atoms with Crippen LogP contribution in [0.5, 0.6) is 0 Å². The summed E-state index contributed by atoms with van der Waals surface area (Å²) in [6.07, 6.45) is -5.05. The van der Waals surface area contributed by atoms with Gasteiger partial charge >= 0.3 is 12.1 Å². The number of amides is 1. The average Bonchev–Trinajstić information content (AvgIpc) is 2.38. The minimum absolute atomic E-state index is 0.0545. The van der Waals surface area contributed by atoms with Crippen molar-refractivity contribution < 1.29 is 26.9 Å². The van der Waals surface area contributed by atoms with Crippen molar-refractivity contribution in [2.75, 3.05) is 5.32 Å². The lowest BCUT2D eigenvalue weighted by Gasteiger charge is -2.19. The Bertz CT molecular complexity index is 624. The van der Waals surface area contributed by atoms with Crippen molar-refractivity contribution in [1.82, 2.24) is 0 Å². The quantitative estimate of drug-likeness (QED) is 0.513. The number of carbonyl (C=O) groups is 1. The third kappa shape index (κ3) is 5.51. The summed E-state index contributed by atoms with van der Waals surface area (Å²) >= 11 is -1.65. The first-order valence-electron chi connectivity index (χ1n) is 6.48. The first-order valence-corrected chi connectivity index (χ1v) is 7.58. The number of nitrogens with zero attached hydrogens (tertiary/aromatic N) is 1. The van der Waals surface area contributed by atoms with Crippen molar-refractivity contribution in [3.05, 3.63) is 29.6 Å². The second-order valence-corrected chi connectivity index (χ2v) is 7.59. The molecule has 1 rings (SSSR count). The van der Waals surface area contributed by atoms with Gasteiger partial charge < -0.3 is 9.87 Å². The van der Waals surface area contributed by atoms with Crippen LogP contribution in [0.4, 0.5) is 23.2 Å². The van der Waals surface area contributed by atoms with Gasteiger partial charge in [-0.3, -0.25) is 4.79 Å². The van der Waals surface area contributed by atoms with Crippen LogP contribution in [0, 0.1) is 5.82 Å². The van der Waals surface area contributed by atoms with Crippen LogP contribution in [0.1, 0.15) is 33.3 Å². The molecule has 1 atom stereocenters. The van der Waals surface area contributed by atoms with Gasteiger partial charge in [0.2, 0.25) is 0 Å². The number of rotatable bonds is 3. The second kappa shape index (κ2) is 6.88. The highest BCUT2D eigenvalue weighted by Crippen LogP contribution is 2.22. The molecule has 1 N–H and O–H groups in total. The number of anilines is 1. The smallest absolute Gasteiger partial charge is 0.471 e. The van der Waals surface area contributed by atoms with Gasteiger partial charge in [0.25, 0.3) is 0 Å². The molecular weight excluding hydrogens is 336 g/mol. The zero-order chi connectivity index (χ0) is 18.0. The zero-order valence-corrected chi connectivity index (χ0v) is 13.7. The highest BCUT2D eigenvalue weighted by molar-refractivity contribution is 7.91. The molecule has 0 radical (unpaired) electrons. The number of hydrogen-bond acceptors (Lipinski definition) is 3. The monoisotopic (exact) mass is 352 g/mol. The molecule has 4 nitrogen and oxygen atoms in total. The summed E-state index contributed by atoms with van der Waals surface area (Å²) in [5.74, 6) is -2.91. The van der Waals surface area contributed by atoms with E-state index in [1.54, 1.807) is 26.1 Å². The van der Waals surface area contributed by atoms with E-state index in [0.29, 0.717) is 0 Å². The van der Waals surface area contributed by atoms with Crippen LogP contribution in [0.3, 0.4) is 0 Å². The fourth-order valence-corrected chi connectivity index (χ4v) is 2.01. The van der Waals surface area contributed by atoms with E-state index in [1.165, 1.54) is 6.92 Å². The Hall–Kier alpha value is -1.61. The van der Waals surface area contributed by atoms with E-state index >= 15 is 0 Å². The SMILES string of the molecule is CC(=N[S+]([O-])C(C)(C)C)c1cc(NC(=O)C(F)(F)F)ccc1F. The average molecular weight is 352 g/mol. The summed E-state index contributed by atoms with van der Waals surface area (Å²) in [5, 5.41) is 1.63. The van der Waals surface area contributed by atoms with E-state index < -0.39 is 34.0 Å². The number of nitrogens with one attached hydrogen (secondary N) is 1. The molecule has 9 heteroatoms. The first-order chi connectivity index (χ1) is 10.3. The van der Waals surface area contributed by atoms with E-state index in [4.69, 9.17) is 0 Å². The zero-order valence-electron chi connectivity index (χ0n) is 12.9. The van der Waals surface area contributed by atoms with Crippen LogP contribution in [-0.2, 0) is 16.2 Å². The molecular formula is C14H16F4N2O2S. The Morgan fingerprint density at radius 2 is 1.83 bits per heavy atom. The lowest BCUT2D eigenvalue weighted by Crippen LogP contribution is -2.30. The van der Waals surface area contributed by atoms with Crippen molar-refractivity contribution in [2.45, 2.75) is 38.6 Å². The molecule has 0 spiro atoms. The number of alkyl halides is 3. The normalized spacial score (nSPS) is 14.6. The molecule has 1 amide bonds. The Kier molecular flexibility index (Phi) is 5.81. The molecule has 1 aromatic carbocycles. The van der Waals surface area contributed by atoms with Crippen molar-refractivity contribution in [3.8, 4) is 0 Å². The Labute approximate surface area is 134 Å². The molecule has 0 fully saturated rings. The topological polar surface area (TPSA) is 64.5 Å². The first kappa shape index (κ1) is 19.4. The fraction of sp³-hybridized carbons (Fsp3) is 0.429. The molecule has 128 valence electrons. The third-order valence-corrected chi connectivity index (χ3v) is 4.10. The van der Waals surface area contributed by atoms with E-state index in [-0.39, 0.29) is 17.0 Å². The lowest BCUT2D eigenvalue weighted by molar-refractivity contribution is -0.167. The third-order valence-electron chi connectivity index (χ3n) is 2.62. The maximum atomic E-state index is 13.8. The predicted octanol–water partition coefficient (Wildman–Crippen LogP) is 3.60. The summed E-state index contributed by atoms with van der Waals surface area (Å²) in [5.41, 5.74) is -0.318. The van der Waals surface area contributed by atoms with Gasteiger partial charge in [-0.05, 0) is 45.9 Å². The Morgan fingerprint density at radius 3 is 2.30 bits per heavy atom. The van der Waals surface area contributed by atoms with Gasteiger partial charge in [-0.15, -0.1) is 0 Å². The number of benzene rings is 1. The number of hydrogen-bond donors (Lipinski definition) is 1. The van der Waals surface area contributed by atoms with Gasteiger partial charge in [-0.2, -0.15) is 13.2 Å². The van der Waals surface area contributed by atoms with Crippen LogP contribution in [0.2, 0.25) is 0 Å². The predicted molar refractivity (Wildman–Crippen MR) is 81.2 cm³/mol. The highest BCUT2D eigenvalue weighted by Gasteiger charge is 2.38. The maximum Gasteiger partial charge on any atom is 0.471 e. The van der Waals surface area contributed by atoms with Gasteiger partial charge in [0, 0.05) is 11.3 Å². The summed E-state index contributed by atoms with van der Waals surface area (Å²) < 4.78 is 65.6. The maximum absolute atomic E-state index is 13.8. The molecule has 0 aliphatic carbocycles. The standard InChI is InChI=1S/C14H16F4N2O2S/c1-8(20-23(22)13(2,3)4)10-7-9(5-6-11(10)15)19-12(21)14(16,17)18/h5-7H,1-4H3,(H,19,21). The van der Waals surface area contributed by atoms with Gasteiger partial charge in [0.05, 0.1) is 5.71 Å². The highest BCUT2D eigenvalue weighted by atomic mass is 32.2. The minimum atomic E-state index is -5.05. The van der Waals surface area contributed by atoms with Crippen molar-refractivity contribution >= 4 is 28.7 Å². The van der Waals surface area contributed by atoms with E-state index in [1.807, 2.05) is 0 Å². The summed E-state index contributed by atoms with van der Waals surface area (Å²) in [6.45, 7) is 6.42. The van der Waals surface area contributed by atoms with Gasteiger partial charge in [-0.25, -0.2) is 4.39 Å². The van der Waals surface area contributed by atoms with Gasteiger partial charge in [-0.1, -0.05) is 4.40 Å². The lowest BCUT2D eigenvalue weighted by atomic mass is 10.1. The summed E-state index contributed by atoms with van der Waals surface area (Å²) in [6, 6.07) is 2.91. The number of halogens is 4. The second-order valence-electron chi connectivity index (χ2n) is 5.68. The van der Waals surface area contributed by atoms with Crippen LogP contribution < -0.4 is 5.32 Å². The Balaban J connectivity index is 3.11. The molecule has 1 unspecified atom stereocenters. The van der Waals surface area contributed by atoms with E-state index in [9.17, 15) is 26.9 Å². The van der Waals surface area contributed by atoms with Crippen LogP contribution in [0.25, 0.3) is 0 Å². The minimum Gasteiger partial charge on any atom is -0.591 e. The molecule has 23 heavy (non-hydrogen) atoms. The molecule has 0 aliphatic rings. The van der Waals surface area contributed by atoms with Gasteiger partial charge in [0.15, 0.2) is 0 Å². The summed E-state index contributed by atoms with van der Waals surface area (Å²) in [7, 11) is 0. The molecule has 1 aromatic rings. The molecule has 0 saturated carbocycles. The van der Waals surface area contributed by atoms with Crippen LogP contribution in [-0.4, -0.2) is 27.1 Å². The molecule has 0 heterocycles. The van der Waals surface area contributed by atoms with Gasteiger partial charge in [0.1, 0.15) is 21.9 Å². The van der Waals surface area contributed by atoms with Crippen LogP contribution in [0.15, 0.2) is 22.6 Å². The largest absolute Gasteiger partial charge is 0.591 e. The van der Waals surface area contributed by atoms with Crippen LogP contribution >= 0.6 is 0 Å². The molecule has 0 aromatic heterocycles. The fourth-order valence-electron chi connectivity index (χ4n) is 1.39. The van der Waals surface area contributed by atoms with Crippen molar-refractivity contribution in [2.24, 2.45) is 4.40 Å². The summed E-state index contributed by atoms with van der Waals surface area (Å²) in [4.78, 5) is 10.9. The number of carbonyl (C=O) groups excluding carboxylic acids is 1. The van der Waals surface area contributed by atoms with E-state index in [2.05, 4.69) is 4.40 Å². The van der Waals surface area contributed by atoms with Crippen molar-refractivity contribution in [3.63, 3.8) is 0 Å². The van der Waals surface area contributed by atoms with Crippen molar-refractivity contribution in [1.29, 1.82) is 0 Å². The van der Waals surface area contributed by atoms with E-state index in [0.717, 1.165) is 18.2 Å². The Morgan fingerprint density at radius 1 is 1.26 bits per heavy atom. The molecule has 0 bridgehead atoms. The molecule has 0 aliphatic heterocycles. The molecule has 0 saturated heterocycles.